The van der Waals surface area contributed by atoms with Crippen LogP contribution < -0.4 is 0 Å². The maximum Gasteiger partial charge on any atom is 0.308 e. The van der Waals surface area contributed by atoms with Gasteiger partial charge >= 0.3 is 5.97 Å². The lowest BCUT2D eigenvalue weighted by Crippen LogP contribution is -2.45. The number of amides is 1. The predicted molar refractivity (Wildman–Crippen MR) is 71.9 cm³/mol. The first-order valence-corrected chi connectivity index (χ1v) is 6.66. The van der Waals surface area contributed by atoms with E-state index in [1.165, 1.54) is 18.2 Å². The van der Waals surface area contributed by atoms with Crippen LogP contribution in [0, 0.1) is 24.6 Å². The van der Waals surface area contributed by atoms with Gasteiger partial charge in [-0.05, 0) is 43.0 Å². The molecule has 0 aromatic heterocycles. The standard InChI is InChI=1S/C15H18FNO3/c1-9-5-12(15(19)20)8-17(7-9)14(18)11-3-4-13(16)10(2)6-11/h3-4,6,9,12H,5,7-8H2,1-2H3,(H,19,20). The Bertz CT molecular complexity index is 544. The number of aryl methyl sites for hydroxylation is 1. The van der Waals surface area contributed by atoms with Crippen LogP contribution in [0.4, 0.5) is 4.39 Å². The first-order chi connectivity index (χ1) is 9.38. The molecule has 0 spiro atoms. The maximum atomic E-state index is 13.2. The molecule has 1 aromatic carbocycles. The zero-order valence-corrected chi connectivity index (χ0v) is 11.6. The summed E-state index contributed by atoms with van der Waals surface area (Å²) in [4.78, 5) is 25.1. The smallest absolute Gasteiger partial charge is 0.308 e. The molecule has 1 aliphatic rings. The van der Waals surface area contributed by atoms with Crippen molar-refractivity contribution in [3.8, 4) is 0 Å². The van der Waals surface area contributed by atoms with Gasteiger partial charge in [0.2, 0.25) is 0 Å². The van der Waals surface area contributed by atoms with Crippen LogP contribution in [-0.2, 0) is 4.79 Å². The summed E-state index contributed by atoms with van der Waals surface area (Å²) >= 11 is 0. The van der Waals surface area contributed by atoms with E-state index in [2.05, 4.69) is 0 Å². The Labute approximate surface area is 117 Å². The number of carboxylic acid groups (broad SMARTS) is 1. The summed E-state index contributed by atoms with van der Waals surface area (Å²) in [6, 6.07) is 4.22. The molecule has 0 radical (unpaired) electrons. The molecule has 5 heteroatoms. The number of piperidine rings is 1. The predicted octanol–water partition coefficient (Wildman–Crippen LogP) is 2.32. The first kappa shape index (κ1) is 14.5. The Hall–Kier alpha value is -1.91. The van der Waals surface area contributed by atoms with Crippen molar-refractivity contribution < 1.29 is 19.1 Å². The number of halogens is 1. The highest BCUT2D eigenvalue weighted by Gasteiger charge is 2.32. The van der Waals surface area contributed by atoms with Crippen molar-refractivity contribution in [2.24, 2.45) is 11.8 Å². The molecule has 2 rings (SSSR count). The number of carbonyl (C=O) groups excluding carboxylic acids is 1. The third kappa shape index (κ3) is 2.98. The normalized spacial score (nSPS) is 22.6. The second-order valence-electron chi connectivity index (χ2n) is 5.55. The largest absolute Gasteiger partial charge is 0.481 e. The van der Waals surface area contributed by atoms with Crippen LogP contribution in [0.15, 0.2) is 18.2 Å². The van der Waals surface area contributed by atoms with Crippen LogP contribution in [0.3, 0.4) is 0 Å². The minimum absolute atomic E-state index is 0.148. The van der Waals surface area contributed by atoms with E-state index >= 15 is 0 Å². The summed E-state index contributed by atoms with van der Waals surface area (Å²) < 4.78 is 13.2. The van der Waals surface area contributed by atoms with Crippen molar-refractivity contribution in [3.63, 3.8) is 0 Å². The highest BCUT2D eigenvalue weighted by atomic mass is 19.1. The number of benzene rings is 1. The van der Waals surface area contributed by atoms with Gasteiger partial charge in [-0.2, -0.15) is 0 Å². The van der Waals surface area contributed by atoms with E-state index in [4.69, 9.17) is 5.11 Å². The van der Waals surface area contributed by atoms with Crippen molar-refractivity contribution in [2.75, 3.05) is 13.1 Å². The summed E-state index contributed by atoms with van der Waals surface area (Å²) in [5.41, 5.74) is 0.817. The van der Waals surface area contributed by atoms with E-state index in [1.54, 1.807) is 11.8 Å². The molecule has 1 aromatic rings. The average Bonchev–Trinajstić information content (AvgIpc) is 2.40. The maximum absolute atomic E-state index is 13.2. The number of likely N-dealkylation sites (tertiary alicyclic amines) is 1. The van der Waals surface area contributed by atoms with Gasteiger partial charge in [0.15, 0.2) is 0 Å². The summed E-state index contributed by atoms with van der Waals surface area (Å²) in [6.07, 6.45) is 0.585. The SMILES string of the molecule is Cc1cc(C(=O)N2CC(C)CC(C(=O)O)C2)ccc1F. The molecule has 0 bridgehead atoms. The molecule has 1 saturated heterocycles. The first-order valence-electron chi connectivity index (χ1n) is 6.66. The van der Waals surface area contributed by atoms with Crippen LogP contribution >= 0.6 is 0 Å². The molecule has 20 heavy (non-hydrogen) atoms. The van der Waals surface area contributed by atoms with E-state index in [0.29, 0.717) is 24.1 Å². The number of carbonyl (C=O) groups is 2. The van der Waals surface area contributed by atoms with Gasteiger partial charge in [-0.3, -0.25) is 9.59 Å². The molecular formula is C15H18FNO3. The molecule has 1 fully saturated rings. The zero-order chi connectivity index (χ0) is 14.9. The van der Waals surface area contributed by atoms with Crippen LogP contribution in [0.25, 0.3) is 0 Å². The molecule has 2 unspecified atom stereocenters. The lowest BCUT2D eigenvalue weighted by Gasteiger charge is -2.34. The molecule has 0 saturated carbocycles. The van der Waals surface area contributed by atoms with E-state index in [1.807, 2.05) is 6.92 Å². The van der Waals surface area contributed by atoms with Gasteiger partial charge in [0.1, 0.15) is 5.82 Å². The number of carboxylic acids is 1. The minimum atomic E-state index is -0.871. The molecule has 4 nitrogen and oxygen atoms in total. The molecule has 1 aliphatic heterocycles. The van der Waals surface area contributed by atoms with Crippen molar-refractivity contribution in [2.45, 2.75) is 20.3 Å². The van der Waals surface area contributed by atoms with Crippen LogP contribution in [0.1, 0.15) is 29.3 Å². The van der Waals surface area contributed by atoms with Crippen molar-refractivity contribution in [1.29, 1.82) is 0 Å². The number of nitrogens with zero attached hydrogens (tertiary/aromatic N) is 1. The minimum Gasteiger partial charge on any atom is -0.481 e. The zero-order valence-electron chi connectivity index (χ0n) is 11.6. The summed E-state index contributed by atoms with van der Waals surface area (Å²) in [7, 11) is 0. The Kier molecular flexibility index (Phi) is 4.06. The Morgan fingerprint density at radius 1 is 1.35 bits per heavy atom. The second kappa shape index (κ2) is 5.61. The van der Waals surface area contributed by atoms with Crippen molar-refractivity contribution in [3.05, 3.63) is 35.1 Å². The Morgan fingerprint density at radius 2 is 2.05 bits per heavy atom. The molecule has 0 aliphatic carbocycles. The molecule has 108 valence electrons. The van der Waals surface area contributed by atoms with E-state index in [-0.39, 0.29) is 24.2 Å². The lowest BCUT2D eigenvalue weighted by atomic mass is 9.90. The molecule has 1 heterocycles. The molecule has 2 atom stereocenters. The van der Waals surface area contributed by atoms with Crippen LogP contribution in [-0.4, -0.2) is 35.0 Å². The van der Waals surface area contributed by atoms with E-state index < -0.39 is 11.9 Å². The number of hydrogen-bond donors (Lipinski definition) is 1. The van der Waals surface area contributed by atoms with Gasteiger partial charge in [0.25, 0.3) is 5.91 Å². The lowest BCUT2D eigenvalue weighted by molar-refractivity contribution is -0.143. The number of hydrogen-bond acceptors (Lipinski definition) is 2. The third-order valence-electron chi connectivity index (χ3n) is 3.70. The van der Waals surface area contributed by atoms with Gasteiger partial charge in [-0.25, -0.2) is 4.39 Å². The van der Waals surface area contributed by atoms with Crippen LogP contribution in [0.2, 0.25) is 0 Å². The Morgan fingerprint density at radius 3 is 2.65 bits per heavy atom. The van der Waals surface area contributed by atoms with Gasteiger partial charge in [-0.1, -0.05) is 6.92 Å². The Balaban J connectivity index is 2.19. The van der Waals surface area contributed by atoms with Gasteiger partial charge in [0, 0.05) is 18.7 Å². The molecule has 1 N–H and O–H groups in total. The second-order valence-corrected chi connectivity index (χ2v) is 5.55. The van der Waals surface area contributed by atoms with E-state index in [0.717, 1.165) is 0 Å². The van der Waals surface area contributed by atoms with Gasteiger partial charge in [-0.15, -0.1) is 0 Å². The van der Waals surface area contributed by atoms with Crippen molar-refractivity contribution >= 4 is 11.9 Å². The number of aliphatic carboxylic acids is 1. The van der Waals surface area contributed by atoms with E-state index in [9.17, 15) is 14.0 Å². The van der Waals surface area contributed by atoms with Crippen molar-refractivity contribution in [1.82, 2.24) is 4.90 Å². The fourth-order valence-corrected chi connectivity index (χ4v) is 2.66. The number of rotatable bonds is 2. The average molecular weight is 279 g/mol. The fourth-order valence-electron chi connectivity index (χ4n) is 2.66. The quantitative estimate of drug-likeness (QED) is 0.903. The highest BCUT2D eigenvalue weighted by molar-refractivity contribution is 5.94. The molecule has 1 amide bonds. The summed E-state index contributed by atoms with van der Waals surface area (Å²) in [5.74, 6) is -1.83. The molecular weight excluding hydrogens is 261 g/mol. The third-order valence-corrected chi connectivity index (χ3v) is 3.70. The highest BCUT2D eigenvalue weighted by Crippen LogP contribution is 2.23. The van der Waals surface area contributed by atoms with Gasteiger partial charge in [0.05, 0.1) is 5.92 Å². The monoisotopic (exact) mass is 279 g/mol. The van der Waals surface area contributed by atoms with Crippen LogP contribution in [0.5, 0.6) is 0 Å². The summed E-state index contributed by atoms with van der Waals surface area (Å²) in [5, 5.41) is 9.12. The summed E-state index contributed by atoms with van der Waals surface area (Å²) in [6.45, 7) is 4.30. The fraction of sp³-hybridized carbons (Fsp3) is 0.467. The topological polar surface area (TPSA) is 57.6 Å². The van der Waals surface area contributed by atoms with Gasteiger partial charge < -0.3 is 10.0 Å².